The summed E-state index contributed by atoms with van der Waals surface area (Å²) < 4.78 is 19.7. The lowest BCUT2D eigenvalue weighted by molar-refractivity contribution is -0.118. The Balaban J connectivity index is 1.40. The molecule has 182 valence electrons. The molecule has 5 nitrogen and oxygen atoms in total. The van der Waals surface area contributed by atoms with E-state index in [1.807, 2.05) is 4.90 Å². The van der Waals surface area contributed by atoms with E-state index in [0.717, 1.165) is 77.2 Å². The van der Waals surface area contributed by atoms with Gasteiger partial charge in [0.25, 0.3) is 0 Å². The number of carbonyl (C=O) groups is 1. The zero-order valence-electron chi connectivity index (χ0n) is 19.9. The molecule has 3 aromatic rings. The van der Waals surface area contributed by atoms with Crippen LogP contribution in [0.2, 0.25) is 0 Å². The topological polar surface area (TPSA) is 45.7 Å². The van der Waals surface area contributed by atoms with Crippen molar-refractivity contribution in [1.82, 2.24) is 9.88 Å². The Kier molecular flexibility index (Phi) is 8.94. The molecule has 0 N–H and O–H groups in total. The quantitative estimate of drug-likeness (QED) is 0.264. The molecule has 1 aromatic heterocycles. The Hall–Kier alpha value is -2.00. The lowest BCUT2D eigenvalue weighted by Gasteiger charge is -2.27. The van der Waals surface area contributed by atoms with Gasteiger partial charge in [0.05, 0.1) is 23.4 Å². The minimum atomic E-state index is -0.228. The van der Waals surface area contributed by atoms with E-state index in [9.17, 15) is 9.18 Å². The number of hydrogen-bond acceptors (Lipinski definition) is 6. The fourth-order valence-corrected chi connectivity index (χ4v) is 6.20. The van der Waals surface area contributed by atoms with Gasteiger partial charge in [-0.15, -0.1) is 11.8 Å². The highest BCUT2D eigenvalue weighted by molar-refractivity contribution is 7.99. The van der Waals surface area contributed by atoms with E-state index in [1.165, 1.54) is 17.7 Å². The number of morpholine rings is 1. The van der Waals surface area contributed by atoms with E-state index >= 15 is 0 Å². The highest BCUT2D eigenvalue weighted by atomic mass is 32.2. The second-order valence-electron chi connectivity index (χ2n) is 8.68. The maximum absolute atomic E-state index is 13.3. The average molecular weight is 502 g/mol. The first-order valence-corrected chi connectivity index (χ1v) is 13.7. The van der Waals surface area contributed by atoms with Crippen LogP contribution >= 0.6 is 23.1 Å². The highest BCUT2D eigenvalue weighted by Gasteiger charge is 2.21. The van der Waals surface area contributed by atoms with Gasteiger partial charge in [0.1, 0.15) is 5.82 Å². The van der Waals surface area contributed by atoms with Crippen LogP contribution in [0.1, 0.15) is 30.4 Å². The van der Waals surface area contributed by atoms with Gasteiger partial charge >= 0.3 is 0 Å². The molecule has 0 aliphatic carbocycles. The maximum atomic E-state index is 13.3. The number of aryl methyl sites for hydroxylation is 2. The number of hydrogen-bond donors (Lipinski definition) is 0. The van der Waals surface area contributed by atoms with E-state index in [2.05, 4.69) is 30.9 Å². The van der Waals surface area contributed by atoms with Gasteiger partial charge in [0.2, 0.25) is 5.91 Å². The molecular formula is C26H32FN3O2S2. The maximum Gasteiger partial charge on any atom is 0.228 e. The van der Waals surface area contributed by atoms with Gasteiger partial charge < -0.3 is 4.74 Å². The van der Waals surface area contributed by atoms with E-state index in [4.69, 9.17) is 9.72 Å². The summed E-state index contributed by atoms with van der Waals surface area (Å²) in [4.78, 5) is 23.5. The fraction of sp³-hybridized carbons (Fsp3) is 0.462. The molecule has 0 spiro atoms. The third kappa shape index (κ3) is 6.78. The van der Waals surface area contributed by atoms with Crippen molar-refractivity contribution < 1.29 is 13.9 Å². The number of anilines is 1. The number of thiazole rings is 1. The van der Waals surface area contributed by atoms with Crippen molar-refractivity contribution in [2.75, 3.05) is 50.0 Å². The summed E-state index contributed by atoms with van der Waals surface area (Å²) in [5, 5.41) is 0.793. The van der Waals surface area contributed by atoms with Crippen LogP contribution < -0.4 is 4.90 Å². The highest BCUT2D eigenvalue weighted by Crippen LogP contribution is 2.32. The third-order valence-electron chi connectivity index (χ3n) is 5.93. The van der Waals surface area contributed by atoms with Gasteiger partial charge in [0.15, 0.2) is 5.13 Å². The largest absolute Gasteiger partial charge is 0.379 e. The molecule has 1 saturated heterocycles. The van der Waals surface area contributed by atoms with Crippen molar-refractivity contribution in [2.45, 2.75) is 38.0 Å². The van der Waals surface area contributed by atoms with Gasteiger partial charge in [-0.1, -0.05) is 17.4 Å². The van der Waals surface area contributed by atoms with Crippen molar-refractivity contribution in [3.05, 3.63) is 53.3 Å². The van der Waals surface area contributed by atoms with Crippen molar-refractivity contribution in [2.24, 2.45) is 0 Å². The Morgan fingerprint density at radius 3 is 2.71 bits per heavy atom. The molecular weight excluding hydrogens is 469 g/mol. The van der Waals surface area contributed by atoms with Crippen LogP contribution in [-0.4, -0.2) is 60.9 Å². The predicted molar refractivity (Wildman–Crippen MR) is 140 cm³/mol. The number of fused-ring (bicyclic) bond motifs is 1. The van der Waals surface area contributed by atoms with Crippen LogP contribution in [0.25, 0.3) is 10.2 Å². The lowest BCUT2D eigenvalue weighted by atomic mass is 10.1. The van der Waals surface area contributed by atoms with Crippen LogP contribution in [0.15, 0.2) is 41.3 Å². The summed E-state index contributed by atoms with van der Waals surface area (Å²) in [5.74, 6) is 0.709. The normalized spacial score (nSPS) is 14.6. The zero-order valence-corrected chi connectivity index (χ0v) is 21.5. The summed E-state index contributed by atoms with van der Waals surface area (Å²) >= 11 is 3.26. The second-order valence-corrected chi connectivity index (χ2v) is 10.9. The first-order valence-electron chi connectivity index (χ1n) is 11.9. The molecule has 2 heterocycles. The van der Waals surface area contributed by atoms with E-state index in [-0.39, 0.29) is 11.7 Å². The van der Waals surface area contributed by atoms with Gasteiger partial charge in [-0.2, -0.15) is 0 Å². The zero-order chi connectivity index (χ0) is 23.9. The van der Waals surface area contributed by atoms with Crippen LogP contribution in [0, 0.1) is 19.7 Å². The Bertz CT molecular complexity index is 1100. The second kappa shape index (κ2) is 12.1. The van der Waals surface area contributed by atoms with E-state index in [1.54, 1.807) is 35.2 Å². The summed E-state index contributed by atoms with van der Waals surface area (Å²) in [6, 6.07) is 10.8. The van der Waals surface area contributed by atoms with E-state index in [0.29, 0.717) is 13.0 Å². The Labute approximate surface area is 209 Å². The number of nitrogens with zero attached hydrogens (tertiary/aromatic N) is 3. The number of amides is 1. The smallest absolute Gasteiger partial charge is 0.228 e. The number of ether oxygens (including phenoxy) is 1. The number of thioether (sulfide) groups is 1. The summed E-state index contributed by atoms with van der Waals surface area (Å²) in [7, 11) is 0. The van der Waals surface area contributed by atoms with Crippen LogP contribution in [0.4, 0.5) is 9.52 Å². The molecule has 1 fully saturated rings. The van der Waals surface area contributed by atoms with Crippen molar-refractivity contribution >= 4 is 44.4 Å². The fourth-order valence-electron chi connectivity index (χ4n) is 4.16. The summed E-state index contributed by atoms with van der Waals surface area (Å²) in [6.07, 6.45) is 2.15. The monoisotopic (exact) mass is 501 g/mol. The molecule has 0 atom stereocenters. The van der Waals surface area contributed by atoms with Gasteiger partial charge in [-0.3, -0.25) is 14.6 Å². The van der Waals surface area contributed by atoms with Crippen molar-refractivity contribution in [1.29, 1.82) is 0 Å². The molecule has 2 aromatic carbocycles. The van der Waals surface area contributed by atoms with Crippen molar-refractivity contribution in [3.8, 4) is 0 Å². The van der Waals surface area contributed by atoms with Crippen molar-refractivity contribution in [3.63, 3.8) is 0 Å². The third-order valence-corrected chi connectivity index (χ3v) is 8.05. The molecule has 1 aliphatic rings. The molecule has 4 rings (SSSR count). The number of halogens is 1. The molecule has 0 saturated carbocycles. The standard InChI is InChI=1S/C26H32FN3O2S2/c1-19-17-20(2)25-23(18-19)34-26(28-25)30(11-4-10-29-12-14-32-15-13-29)24(31)5-3-16-33-22-8-6-21(27)7-9-22/h6-9,17-18H,3-5,10-16H2,1-2H3. The van der Waals surface area contributed by atoms with E-state index < -0.39 is 0 Å². The minimum absolute atomic E-state index is 0.120. The number of benzene rings is 2. The van der Waals surface area contributed by atoms with Gasteiger partial charge in [0, 0.05) is 37.5 Å². The average Bonchev–Trinajstić information content (AvgIpc) is 3.25. The summed E-state index contributed by atoms with van der Waals surface area (Å²) in [5.41, 5.74) is 3.35. The Morgan fingerprint density at radius 1 is 1.18 bits per heavy atom. The Morgan fingerprint density at radius 2 is 1.94 bits per heavy atom. The predicted octanol–water partition coefficient (Wildman–Crippen LogP) is 5.68. The molecule has 34 heavy (non-hydrogen) atoms. The number of aromatic nitrogens is 1. The number of rotatable bonds is 10. The first kappa shape index (κ1) is 25.1. The molecule has 0 unspecified atom stereocenters. The molecule has 1 aliphatic heterocycles. The molecule has 1 amide bonds. The van der Waals surface area contributed by atoms with Crippen LogP contribution in [0.5, 0.6) is 0 Å². The lowest BCUT2D eigenvalue weighted by Crippen LogP contribution is -2.39. The number of carbonyl (C=O) groups excluding carboxylic acids is 1. The molecule has 0 bridgehead atoms. The van der Waals surface area contributed by atoms with Gasteiger partial charge in [-0.25, -0.2) is 9.37 Å². The molecule has 8 heteroatoms. The first-order chi connectivity index (χ1) is 16.5. The van der Waals surface area contributed by atoms with Crippen LogP contribution in [-0.2, 0) is 9.53 Å². The van der Waals surface area contributed by atoms with Gasteiger partial charge in [-0.05, 0) is 73.9 Å². The molecule has 0 radical (unpaired) electrons. The SMILES string of the molecule is Cc1cc(C)c2nc(N(CCCN3CCOCC3)C(=O)CCCSc3ccc(F)cc3)sc2c1. The summed E-state index contributed by atoms with van der Waals surface area (Å²) in [6.45, 7) is 9.26. The van der Waals surface area contributed by atoms with Crippen LogP contribution in [0.3, 0.4) is 0 Å². The minimum Gasteiger partial charge on any atom is -0.379 e.